The van der Waals surface area contributed by atoms with Crippen LogP contribution in [0.25, 0.3) is 0 Å². The van der Waals surface area contributed by atoms with Crippen molar-refractivity contribution in [1.29, 1.82) is 0 Å². The SMILES string of the molecule is CCC(NC(=O)C(CC)N(c1cc(C)ccc1C)S(C)(=O)=O)c1ccc(OC)cc1. The van der Waals surface area contributed by atoms with E-state index < -0.39 is 16.1 Å². The first-order chi connectivity index (χ1) is 14.1. The molecule has 164 valence electrons. The molecule has 0 radical (unpaired) electrons. The van der Waals surface area contributed by atoms with E-state index in [1.165, 1.54) is 4.31 Å². The number of carbonyl (C=O) groups excluding carboxylic acids is 1. The van der Waals surface area contributed by atoms with Crippen LogP contribution in [0.3, 0.4) is 0 Å². The van der Waals surface area contributed by atoms with Gasteiger partial charge in [0.25, 0.3) is 0 Å². The number of rotatable bonds is 9. The van der Waals surface area contributed by atoms with Crippen molar-refractivity contribution < 1.29 is 17.9 Å². The van der Waals surface area contributed by atoms with Gasteiger partial charge in [-0.2, -0.15) is 0 Å². The molecule has 1 amide bonds. The fourth-order valence-electron chi connectivity index (χ4n) is 3.52. The second kappa shape index (κ2) is 9.98. The van der Waals surface area contributed by atoms with E-state index in [0.29, 0.717) is 18.5 Å². The largest absolute Gasteiger partial charge is 0.497 e. The molecule has 0 spiro atoms. The maximum absolute atomic E-state index is 13.3. The highest BCUT2D eigenvalue weighted by Gasteiger charge is 2.33. The van der Waals surface area contributed by atoms with Gasteiger partial charge in [-0.05, 0) is 61.6 Å². The minimum Gasteiger partial charge on any atom is -0.497 e. The first-order valence-electron chi connectivity index (χ1n) is 10.1. The summed E-state index contributed by atoms with van der Waals surface area (Å²) in [6.07, 6.45) is 2.17. The molecule has 1 N–H and O–H groups in total. The van der Waals surface area contributed by atoms with Crippen molar-refractivity contribution in [3.63, 3.8) is 0 Å². The second-order valence-electron chi connectivity index (χ2n) is 7.52. The highest BCUT2D eigenvalue weighted by atomic mass is 32.2. The van der Waals surface area contributed by atoms with E-state index in [2.05, 4.69) is 5.32 Å². The van der Waals surface area contributed by atoms with E-state index in [-0.39, 0.29) is 11.9 Å². The van der Waals surface area contributed by atoms with Crippen LogP contribution in [0.5, 0.6) is 5.75 Å². The van der Waals surface area contributed by atoms with Gasteiger partial charge in [0.15, 0.2) is 0 Å². The third-order valence-electron chi connectivity index (χ3n) is 5.17. The number of methoxy groups -OCH3 is 1. The molecule has 2 unspecified atom stereocenters. The van der Waals surface area contributed by atoms with Gasteiger partial charge in [0, 0.05) is 0 Å². The Kier molecular flexibility index (Phi) is 7.89. The Bertz CT molecular complexity index is 971. The van der Waals surface area contributed by atoms with Crippen molar-refractivity contribution in [2.45, 2.75) is 52.6 Å². The van der Waals surface area contributed by atoms with Crippen LogP contribution in [0.2, 0.25) is 0 Å². The van der Waals surface area contributed by atoms with Crippen LogP contribution in [0.4, 0.5) is 5.69 Å². The van der Waals surface area contributed by atoms with Crippen molar-refractivity contribution in [3.8, 4) is 5.75 Å². The van der Waals surface area contributed by atoms with E-state index in [9.17, 15) is 13.2 Å². The summed E-state index contributed by atoms with van der Waals surface area (Å²) < 4.78 is 31.9. The van der Waals surface area contributed by atoms with Crippen molar-refractivity contribution in [2.24, 2.45) is 0 Å². The summed E-state index contributed by atoms with van der Waals surface area (Å²) in [5, 5.41) is 3.04. The van der Waals surface area contributed by atoms with Gasteiger partial charge in [-0.1, -0.05) is 38.1 Å². The quantitative estimate of drug-likeness (QED) is 0.647. The Hall–Kier alpha value is -2.54. The zero-order valence-corrected chi connectivity index (χ0v) is 19.4. The van der Waals surface area contributed by atoms with Gasteiger partial charge in [0.05, 0.1) is 25.1 Å². The van der Waals surface area contributed by atoms with Crippen LogP contribution in [0, 0.1) is 13.8 Å². The Labute approximate surface area is 180 Å². The number of anilines is 1. The Morgan fingerprint density at radius 1 is 1.07 bits per heavy atom. The molecule has 2 aromatic carbocycles. The number of nitrogens with zero attached hydrogens (tertiary/aromatic N) is 1. The molecule has 0 aliphatic heterocycles. The molecule has 2 rings (SSSR count). The Balaban J connectivity index is 2.38. The third-order valence-corrected chi connectivity index (χ3v) is 6.34. The van der Waals surface area contributed by atoms with E-state index in [0.717, 1.165) is 28.7 Å². The van der Waals surface area contributed by atoms with Crippen LogP contribution in [-0.2, 0) is 14.8 Å². The summed E-state index contributed by atoms with van der Waals surface area (Å²) in [5.41, 5.74) is 3.22. The molecule has 30 heavy (non-hydrogen) atoms. The average molecular weight is 433 g/mol. The van der Waals surface area contributed by atoms with Crippen LogP contribution in [0.1, 0.15) is 49.4 Å². The lowest BCUT2D eigenvalue weighted by atomic mass is 10.0. The summed E-state index contributed by atoms with van der Waals surface area (Å²) >= 11 is 0. The molecule has 0 fully saturated rings. The van der Waals surface area contributed by atoms with Gasteiger partial charge < -0.3 is 10.1 Å². The monoisotopic (exact) mass is 432 g/mol. The fraction of sp³-hybridized carbons (Fsp3) is 0.435. The van der Waals surface area contributed by atoms with E-state index in [4.69, 9.17) is 4.74 Å². The van der Waals surface area contributed by atoms with Crippen molar-refractivity contribution in [3.05, 3.63) is 59.2 Å². The molecule has 6 nitrogen and oxygen atoms in total. The van der Waals surface area contributed by atoms with E-state index in [1.807, 2.05) is 70.2 Å². The molecule has 0 saturated carbocycles. The zero-order chi connectivity index (χ0) is 22.5. The predicted molar refractivity (Wildman–Crippen MR) is 121 cm³/mol. The molecule has 0 saturated heterocycles. The smallest absolute Gasteiger partial charge is 0.244 e. The second-order valence-corrected chi connectivity index (χ2v) is 9.37. The molecule has 0 bridgehead atoms. The molecule has 2 aromatic rings. The van der Waals surface area contributed by atoms with Crippen LogP contribution >= 0.6 is 0 Å². The molecule has 0 aliphatic carbocycles. The first-order valence-corrected chi connectivity index (χ1v) is 12.0. The lowest BCUT2D eigenvalue weighted by molar-refractivity contribution is -0.123. The number of benzene rings is 2. The number of carbonyl (C=O) groups is 1. The maximum Gasteiger partial charge on any atom is 0.244 e. The number of amides is 1. The summed E-state index contributed by atoms with van der Waals surface area (Å²) in [7, 11) is -2.07. The minimum absolute atomic E-state index is 0.225. The number of aryl methyl sites for hydroxylation is 2. The van der Waals surface area contributed by atoms with Gasteiger partial charge in [0.1, 0.15) is 11.8 Å². The summed E-state index contributed by atoms with van der Waals surface area (Å²) in [5.74, 6) is 0.427. The van der Waals surface area contributed by atoms with E-state index >= 15 is 0 Å². The molecule has 0 aliphatic rings. The topological polar surface area (TPSA) is 75.7 Å². The zero-order valence-electron chi connectivity index (χ0n) is 18.6. The van der Waals surface area contributed by atoms with Gasteiger partial charge in [0.2, 0.25) is 15.9 Å². The van der Waals surface area contributed by atoms with Crippen molar-refractivity contribution in [2.75, 3.05) is 17.7 Å². The summed E-state index contributed by atoms with van der Waals surface area (Å²) in [6, 6.07) is 12.1. The standard InChI is InChI=1S/C23H32N2O4S/c1-7-20(18-11-13-19(29-5)14-12-18)24-23(26)21(8-2)25(30(6,27)28)22-15-16(3)9-10-17(22)4/h9-15,20-21H,7-8H2,1-6H3,(H,24,26). The van der Waals surface area contributed by atoms with Gasteiger partial charge in [-0.3, -0.25) is 9.10 Å². The van der Waals surface area contributed by atoms with Crippen LogP contribution < -0.4 is 14.4 Å². The predicted octanol–water partition coefficient (Wildman–Crippen LogP) is 4.12. The van der Waals surface area contributed by atoms with Gasteiger partial charge in [-0.15, -0.1) is 0 Å². The number of nitrogens with one attached hydrogen (secondary N) is 1. The molecule has 7 heteroatoms. The van der Waals surface area contributed by atoms with Crippen LogP contribution in [-0.4, -0.2) is 33.7 Å². The number of hydrogen-bond donors (Lipinski definition) is 1. The molecule has 2 atom stereocenters. The lowest BCUT2D eigenvalue weighted by Gasteiger charge is -2.32. The highest BCUT2D eigenvalue weighted by Crippen LogP contribution is 2.28. The number of ether oxygens (including phenoxy) is 1. The van der Waals surface area contributed by atoms with Gasteiger partial charge in [-0.25, -0.2) is 8.42 Å². The maximum atomic E-state index is 13.3. The van der Waals surface area contributed by atoms with Gasteiger partial charge >= 0.3 is 0 Å². The third kappa shape index (κ3) is 5.53. The normalized spacial score (nSPS) is 13.4. The number of sulfonamides is 1. The first kappa shape index (κ1) is 23.7. The Morgan fingerprint density at radius 2 is 1.70 bits per heavy atom. The number of hydrogen-bond acceptors (Lipinski definition) is 4. The summed E-state index contributed by atoms with van der Waals surface area (Å²) in [6.45, 7) is 7.56. The minimum atomic E-state index is -3.67. The van der Waals surface area contributed by atoms with Crippen molar-refractivity contribution >= 4 is 21.6 Å². The molecular formula is C23H32N2O4S. The fourth-order valence-corrected chi connectivity index (χ4v) is 4.78. The molecule has 0 aromatic heterocycles. The average Bonchev–Trinajstić information content (AvgIpc) is 2.71. The van der Waals surface area contributed by atoms with Crippen molar-refractivity contribution in [1.82, 2.24) is 5.32 Å². The molecule has 0 heterocycles. The van der Waals surface area contributed by atoms with Crippen LogP contribution in [0.15, 0.2) is 42.5 Å². The lowest BCUT2D eigenvalue weighted by Crippen LogP contribution is -2.50. The van der Waals surface area contributed by atoms with E-state index in [1.54, 1.807) is 7.11 Å². The molecular weight excluding hydrogens is 400 g/mol. The summed E-state index contributed by atoms with van der Waals surface area (Å²) in [4.78, 5) is 13.3. The Morgan fingerprint density at radius 3 is 2.20 bits per heavy atom. The highest BCUT2D eigenvalue weighted by molar-refractivity contribution is 7.92.